The third-order valence-electron chi connectivity index (χ3n) is 3.52. The molecule has 1 heterocycles. The zero-order chi connectivity index (χ0) is 18.0. The quantitative estimate of drug-likeness (QED) is 0.403. The summed E-state index contributed by atoms with van der Waals surface area (Å²) in [6, 6.07) is 11.0. The number of benzene rings is 2. The maximum absolute atomic E-state index is 12.2. The molecule has 0 aliphatic carbocycles. The van der Waals surface area contributed by atoms with Gasteiger partial charge in [-0.1, -0.05) is 30.0 Å². The Morgan fingerprint density at radius 1 is 1.32 bits per heavy atom. The lowest BCUT2D eigenvalue weighted by molar-refractivity contribution is -0.384. The van der Waals surface area contributed by atoms with Crippen molar-refractivity contribution in [2.24, 2.45) is 0 Å². The average Bonchev–Trinajstić information content (AvgIpc) is 2.98. The lowest BCUT2D eigenvalue weighted by Crippen LogP contribution is -2.16. The summed E-state index contributed by atoms with van der Waals surface area (Å²) in [6.07, 6.45) is 0. The monoisotopic (exact) mass is 373 g/mol. The van der Waals surface area contributed by atoms with Crippen molar-refractivity contribution in [3.63, 3.8) is 0 Å². The van der Waals surface area contributed by atoms with Crippen LogP contribution in [0.3, 0.4) is 0 Å². The Kier molecular flexibility index (Phi) is 5.00. The molecule has 0 bridgehead atoms. The van der Waals surface area contributed by atoms with Gasteiger partial charge in [0.25, 0.3) is 5.69 Å². The third kappa shape index (κ3) is 3.97. The average molecular weight is 373 g/mol. The number of fused-ring (bicyclic) bond motifs is 1. The van der Waals surface area contributed by atoms with Gasteiger partial charge in [-0.2, -0.15) is 0 Å². The molecule has 0 fully saturated rings. The van der Waals surface area contributed by atoms with E-state index in [-0.39, 0.29) is 23.0 Å². The molecule has 0 unspecified atom stereocenters. The van der Waals surface area contributed by atoms with Gasteiger partial charge in [0, 0.05) is 6.07 Å². The molecule has 6 nitrogen and oxygen atoms in total. The molecule has 0 aliphatic rings. The van der Waals surface area contributed by atoms with Crippen LogP contribution >= 0.6 is 23.1 Å². The minimum absolute atomic E-state index is 0.0872. The second-order valence-corrected chi connectivity index (χ2v) is 7.77. The number of nitrogens with one attached hydrogen (secondary N) is 1. The fourth-order valence-electron chi connectivity index (χ4n) is 2.47. The van der Waals surface area contributed by atoms with E-state index in [4.69, 9.17) is 0 Å². The molecule has 0 spiro atoms. The highest BCUT2D eigenvalue weighted by Crippen LogP contribution is 2.31. The molecule has 1 aromatic heterocycles. The molecular formula is C17H15N3O3S2. The van der Waals surface area contributed by atoms with Gasteiger partial charge in [-0.3, -0.25) is 14.9 Å². The minimum atomic E-state index is -0.476. The number of para-hydroxylation sites is 1. The Morgan fingerprint density at radius 3 is 2.80 bits per heavy atom. The lowest BCUT2D eigenvalue weighted by atomic mass is 10.1. The Morgan fingerprint density at radius 2 is 2.08 bits per heavy atom. The van der Waals surface area contributed by atoms with Crippen molar-refractivity contribution in [1.82, 2.24) is 4.98 Å². The zero-order valence-corrected chi connectivity index (χ0v) is 15.2. The van der Waals surface area contributed by atoms with Gasteiger partial charge >= 0.3 is 0 Å². The van der Waals surface area contributed by atoms with Crippen molar-refractivity contribution < 1.29 is 9.72 Å². The van der Waals surface area contributed by atoms with Gasteiger partial charge in [-0.05, 0) is 37.1 Å². The van der Waals surface area contributed by atoms with Crippen molar-refractivity contribution in [3.05, 3.63) is 57.6 Å². The van der Waals surface area contributed by atoms with E-state index < -0.39 is 4.92 Å². The Bertz CT molecular complexity index is 936. The second kappa shape index (κ2) is 7.20. The summed E-state index contributed by atoms with van der Waals surface area (Å²) in [4.78, 5) is 27.4. The largest absolute Gasteiger partial charge is 0.319 e. The third-order valence-corrected chi connectivity index (χ3v) is 5.70. The van der Waals surface area contributed by atoms with E-state index in [1.807, 2.05) is 30.3 Å². The zero-order valence-electron chi connectivity index (χ0n) is 13.6. The first kappa shape index (κ1) is 17.4. The molecule has 0 atom stereocenters. The number of hydrogen-bond acceptors (Lipinski definition) is 6. The number of hydrogen-bond donors (Lipinski definition) is 1. The van der Waals surface area contributed by atoms with Crippen LogP contribution in [0.1, 0.15) is 11.1 Å². The Labute approximate surface area is 152 Å². The lowest BCUT2D eigenvalue weighted by Gasteiger charge is -2.09. The van der Waals surface area contributed by atoms with Crippen LogP contribution in [0.2, 0.25) is 0 Å². The van der Waals surface area contributed by atoms with E-state index in [1.54, 1.807) is 13.8 Å². The maximum atomic E-state index is 12.2. The number of nitro benzene ring substituents is 1. The molecule has 128 valence electrons. The van der Waals surface area contributed by atoms with E-state index >= 15 is 0 Å². The van der Waals surface area contributed by atoms with E-state index in [9.17, 15) is 14.9 Å². The van der Waals surface area contributed by atoms with Gasteiger partial charge in [0.2, 0.25) is 5.91 Å². The number of carbonyl (C=O) groups is 1. The van der Waals surface area contributed by atoms with Gasteiger partial charge in [0.15, 0.2) is 4.34 Å². The standard InChI is InChI=1S/C17H15N3O3S2/c1-10-7-11(2)16(13(8-10)20(22)23)19-15(21)9-24-17-18-12-5-3-4-6-14(12)25-17/h3-8H,9H2,1-2H3,(H,19,21). The Balaban J connectivity index is 1.71. The number of nitro groups is 1. The van der Waals surface area contributed by atoms with E-state index in [0.29, 0.717) is 5.56 Å². The number of amides is 1. The fraction of sp³-hybridized carbons (Fsp3) is 0.176. The van der Waals surface area contributed by atoms with Crippen LogP contribution in [0, 0.1) is 24.0 Å². The molecule has 0 saturated heterocycles. The SMILES string of the molecule is Cc1cc(C)c(NC(=O)CSc2nc3ccccc3s2)c([N+](=O)[O-])c1. The first-order valence-electron chi connectivity index (χ1n) is 7.48. The highest BCUT2D eigenvalue weighted by molar-refractivity contribution is 8.01. The van der Waals surface area contributed by atoms with Crippen molar-refractivity contribution in [2.45, 2.75) is 18.2 Å². The van der Waals surface area contributed by atoms with Gasteiger partial charge in [-0.25, -0.2) is 4.98 Å². The summed E-state index contributed by atoms with van der Waals surface area (Å²) < 4.78 is 1.86. The Hall–Kier alpha value is -2.45. The van der Waals surface area contributed by atoms with Crippen LogP contribution < -0.4 is 5.32 Å². The predicted octanol–water partition coefficient (Wildman–Crippen LogP) is 4.55. The molecule has 0 aliphatic heterocycles. The van der Waals surface area contributed by atoms with Crippen LogP contribution in [-0.2, 0) is 4.79 Å². The topological polar surface area (TPSA) is 85.1 Å². The summed E-state index contributed by atoms with van der Waals surface area (Å²) in [5, 5.41) is 13.9. The minimum Gasteiger partial charge on any atom is -0.319 e. The van der Waals surface area contributed by atoms with Gasteiger partial charge in [0.1, 0.15) is 5.69 Å². The summed E-state index contributed by atoms with van der Waals surface area (Å²) in [5.41, 5.74) is 2.53. The van der Waals surface area contributed by atoms with Crippen LogP contribution in [0.15, 0.2) is 40.7 Å². The number of aryl methyl sites for hydroxylation is 2. The molecule has 3 aromatic rings. The normalized spacial score (nSPS) is 10.8. The first-order valence-corrected chi connectivity index (χ1v) is 9.28. The summed E-state index contributed by atoms with van der Waals surface area (Å²) in [7, 11) is 0. The number of nitrogens with zero attached hydrogens (tertiary/aromatic N) is 2. The van der Waals surface area contributed by atoms with Crippen LogP contribution in [0.25, 0.3) is 10.2 Å². The highest BCUT2D eigenvalue weighted by Gasteiger charge is 2.19. The molecule has 1 N–H and O–H groups in total. The number of aromatic nitrogens is 1. The molecule has 0 saturated carbocycles. The molecule has 3 rings (SSSR count). The van der Waals surface area contributed by atoms with Gasteiger partial charge in [-0.15, -0.1) is 11.3 Å². The van der Waals surface area contributed by atoms with E-state index in [1.165, 1.54) is 29.2 Å². The van der Waals surface area contributed by atoms with Crippen molar-refractivity contribution >= 4 is 50.6 Å². The van der Waals surface area contributed by atoms with Crippen molar-refractivity contribution in [3.8, 4) is 0 Å². The van der Waals surface area contributed by atoms with Crippen LogP contribution in [-0.4, -0.2) is 21.6 Å². The summed E-state index contributed by atoms with van der Waals surface area (Å²) >= 11 is 2.84. The summed E-state index contributed by atoms with van der Waals surface area (Å²) in [5.74, 6) is -0.149. The number of thiazole rings is 1. The number of carbonyl (C=O) groups excluding carboxylic acids is 1. The predicted molar refractivity (Wildman–Crippen MR) is 102 cm³/mol. The second-order valence-electron chi connectivity index (χ2n) is 5.52. The van der Waals surface area contributed by atoms with E-state index in [2.05, 4.69) is 10.3 Å². The number of anilines is 1. The van der Waals surface area contributed by atoms with Gasteiger partial charge < -0.3 is 5.32 Å². The van der Waals surface area contributed by atoms with Crippen LogP contribution in [0.4, 0.5) is 11.4 Å². The van der Waals surface area contributed by atoms with Crippen molar-refractivity contribution in [1.29, 1.82) is 0 Å². The molecule has 0 radical (unpaired) electrons. The molecular weight excluding hydrogens is 358 g/mol. The summed E-state index contributed by atoms with van der Waals surface area (Å²) in [6.45, 7) is 3.53. The maximum Gasteiger partial charge on any atom is 0.293 e. The molecule has 25 heavy (non-hydrogen) atoms. The fourth-order valence-corrected chi connectivity index (χ4v) is 4.34. The first-order chi connectivity index (χ1) is 11.9. The molecule has 2 aromatic carbocycles. The van der Waals surface area contributed by atoms with Crippen LogP contribution in [0.5, 0.6) is 0 Å². The smallest absolute Gasteiger partial charge is 0.293 e. The van der Waals surface area contributed by atoms with E-state index in [0.717, 1.165) is 20.1 Å². The number of thioether (sulfide) groups is 1. The number of rotatable bonds is 5. The highest BCUT2D eigenvalue weighted by atomic mass is 32.2. The van der Waals surface area contributed by atoms with Gasteiger partial charge in [0.05, 0.1) is 20.9 Å². The molecule has 1 amide bonds. The molecule has 8 heteroatoms. The van der Waals surface area contributed by atoms with Crippen molar-refractivity contribution in [2.75, 3.05) is 11.1 Å².